The number of nitrogens with zero attached hydrogens (tertiary/aromatic N) is 3. The molecule has 0 radical (unpaired) electrons. The molecule has 1 saturated heterocycles. The van der Waals surface area contributed by atoms with Crippen LogP contribution in [0.25, 0.3) is 0 Å². The van der Waals surface area contributed by atoms with Crippen LogP contribution in [0.15, 0.2) is 34.8 Å². The molecule has 1 fully saturated rings. The van der Waals surface area contributed by atoms with E-state index in [1.807, 2.05) is 23.1 Å². The Bertz CT molecular complexity index is 811. The van der Waals surface area contributed by atoms with Crippen molar-refractivity contribution in [3.05, 3.63) is 51.1 Å². The van der Waals surface area contributed by atoms with E-state index < -0.39 is 11.9 Å². The van der Waals surface area contributed by atoms with Gasteiger partial charge in [0.2, 0.25) is 0 Å². The third kappa shape index (κ3) is 4.86. The Morgan fingerprint density at radius 1 is 1.15 bits per heavy atom. The first-order valence-corrected chi connectivity index (χ1v) is 9.48. The second-order valence-electron chi connectivity index (χ2n) is 6.23. The van der Waals surface area contributed by atoms with Gasteiger partial charge in [0.05, 0.1) is 16.6 Å². The minimum atomic E-state index is -4.56. The zero-order valence-corrected chi connectivity index (χ0v) is 16.9. The first-order chi connectivity index (χ1) is 12.8. The number of anilines is 1. The highest BCUT2D eigenvalue weighted by Crippen LogP contribution is 2.34. The van der Waals surface area contributed by atoms with Crippen molar-refractivity contribution in [1.29, 1.82) is 0 Å². The zero-order chi connectivity index (χ0) is 19.6. The highest BCUT2D eigenvalue weighted by atomic mass is 79.9. The van der Waals surface area contributed by atoms with Crippen LogP contribution in [0.1, 0.15) is 11.3 Å². The standard InChI is InChI=1S/C18H18BrClF3N3O/c1-27-15-4-2-12(10-13(15)19)11-25-6-8-26(9-7-25)16-5-3-14(20)17(24-16)18(21,22)23/h2-5,10H,6-9,11H2,1H3. The molecule has 1 aromatic carbocycles. The third-order valence-corrected chi connectivity index (χ3v) is 5.34. The Hall–Kier alpha value is -1.51. The number of aromatic nitrogens is 1. The van der Waals surface area contributed by atoms with Crippen LogP contribution in [-0.4, -0.2) is 43.2 Å². The fraction of sp³-hybridized carbons (Fsp3) is 0.389. The fourth-order valence-electron chi connectivity index (χ4n) is 3.01. The lowest BCUT2D eigenvalue weighted by molar-refractivity contribution is -0.141. The van der Waals surface area contributed by atoms with Gasteiger partial charge in [0.25, 0.3) is 0 Å². The van der Waals surface area contributed by atoms with E-state index >= 15 is 0 Å². The number of pyridine rings is 1. The maximum atomic E-state index is 13.0. The Balaban J connectivity index is 1.63. The number of benzene rings is 1. The number of piperazine rings is 1. The lowest BCUT2D eigenvalue weighted by Gasteiger charge is -2.35. The summed E-state index contributed by atoms with van der Waals surface area (Å²) < 4.78 is 45.1. The number of hydrogen-bond donors (Lipinski definition) is 0. The third-order valence-electron chi connectivity index (χ3n) is 4.42. The molecule has 4 nitrogen and oxygen atoms in total. The molecule has 2 aromatic rings. The Labute approximate surface area is 169 Å². The Morgan fingerprint density at radius 2 is 1.85 bits per heavy atom. The summed E-state index contributed by atoms with van der Waals surface area (Å²) in [5, 5.41) is -0.380. The molecular weight excluding hydrogens is 447 g/mol. The van der Waals surface area contributed by atoms with Crippen LogP contribution in [0.5, 0.6) is 5.75 Å². The van der Waals surface area contributed by atoms with Crippen molar-refractivity contribution in [2.45, 2.75) is 12.7 Å². The average molecular weight is 465 g/mol. The van der Waals surface area contributed by atoms with Gasteiger partial charge in [0.15, 0.2) is 5.69 Å². The van der Waals surface area contributed by atoms with Gasteiger partial charge >= 0.3 is 6.18 Å². The van der Waals surface area contributed by atoms with Gasteiger partial charge < -0.3 is 9.64 Å². The number of methoxy groups -OCH3 is 1. The van der Waals surface area contributed by atoms with Crippen molar-refractivity contribution in [3.63, 3.8) is 0 Å². The van der Waals surface area contributed by atoms with Crippen LogP contribution in [0.2, 0.25) is 5.02 Å². The van der Waals surface area contributed by atoms with E-state index in [-0.39, 0.29) is 5.02 Å². The van der Waals surface area contributed by atoms with Crippen molar-refractivity contribution >= 4 is 33.3 Å². The molecule has 0 bridgehead atoms. The molecule has 27 heavy (non-hydrogen) atoms. The molecule has 0 aliphatic carbocycles. The first kappa shape index (κ1) is 20.2. The highest BCUT2D eigenvalue weighted by Gasteiger charge is 2.36. The van der Waals surface area contributed by atoms with Crippen LogP contribution < -0.4 is 9.64 Å². The predicted molar refractivity (Wildman–Crippen MR) is 102 cm³/mol. The Morgan fingerprint density at radius 3 is 2.44 bits per heavy atom. The van der Waals surface area contributed by atoms with Gasteiger partial charge in [0.1, 0.15) is 11.6 Å². The summed E-state index contributed by atoms with van der Waals surface area (Å²) in [6, 6.07) is 8.72. The second kappa shape index (κ2) is 8.24. The minimum absolute atomic E-state index is 0.304. The lowest BCUT2D eigenvalue weighted by Crippen LogP contribution is -2.46. The van der Waals surface area contributed by atoms with Crippen LogP contribution in [-0.2, 0) is 12.7 Å². The van der Waals surface area contributed by atoms with Gasteiger partial charge in [-0.2, -0.15) is 13.2 Å². The van der Waals surface area contributed by atoms with Crippen molar-refractivity contribution in [1.82, 2.24) is 9.88 Å². The summed E-state index contributed by atoms with van der Waals surface area (Å²) in [4.78, 5) is 7.85. The molecule has 0 unspecified atom stereocenters. The van der Waals surface area contributed by atoms with Crippen LogP contribution in [0.3, 0.4) is 0 Å². The predicted octanol–water partition coefficient (Wildman–Crippen LogP) is 4.85. The molecule has 0 spiro atoms. The van der Waals surface area contributed by atoms with Crippen LogP contribution >= 0.6 is 27.5 Å². The zero-order valence-electron chi connectivity index (χ0n) is 14.6. The van der Waals surface area contributed by atoms with Crippen molar-refractivity contribution in [2.75, 3.05) is 38.2 Å². The quantitative estimate of drug-likeness (QED) is 0.647. The SMILES string of the molecule is COc1ccc(CN2CCN(c3ccc(Cl)c(C(F)(F)F)n3)CC2)cc1Br. The molecule has 9 heteroatoms. The number of halogens is 5. The van der Waals surface area contributed by atoms with Crippen LogP contribution in [0, 0.1) is 0 Å². The maximum absolute atomic E-state index is 13.0. The van der Waals surface area contributed by atoms with Gasteiger partial charge in [-0.15, -0.1) is 0 Å². The smallest absolute Gasteiger partial charge is 0.434 e. The fourth-order valence-corrected chi connectivity index (χ4v) is 3.81. The largest absolute Gasteiger partial charge is 0.496 e. The molecule has 0 atom stereocenters. The van der Waals surface area contributed by atoms with E-state index in [9.17, 15) is 13.2 Å². The number of alkyl halides is 3. The van der Waals surface area contributed by atoms with E-state index in [0.29, 0.717) is 18.9 Å². The number of hydrogen-bond acceptors (Lipinski definition) is 4. The molecule has 3 rings (SSSR count). The van der Waals surface area contributed by atoms with Gasteiger partial charge in [-0.25, -0.2) is 4.98 Å². The lowest BCUT2D eigenvalue weighted by atomic mass is 10.2. The van der Waals surface area contributed by atoms with Crippen molar-refractivity contribution in [2.24, 2.45) is 0 Å². The van der Waals surface area contributed by atoms with E-state index in [1.165, 1.54) is 12.1 Å². The molecular formula is C18H18BrClF3N3O. The number of ether oxygens (including phenoxy) is 1. The summed E-state index contributed by atoms with van der Waals surface area (Å²) in [5.41, 5.74) is 0.104. The number of rotatable bonds is 4. The normalized spacial score (nSPS) is 15.9. The van der Waals surface area contributed by atoms with E-state index in [2.05, 4.69) is 25.8 Å². The summed E-state index contributed by atoms with van der Waals surface area (Å²) in [7, 11) is 1.62. The summed E-state index contributed by atoms with van der Waals surface area (Å²) in [6.07, 6.45) is -4.56. The van der Waals surface area contributed by atoms with Gasteiger partial charge in [-0.3, -0.25) is 4.90 Å². The summed E-state index contributed by atoms with van der Waals surface area (Å²) in [5.74, 6) is 1.08. The van der Waals surface area contributed by atoms with Gasteiger partial charge in [-0.1, -0.05) is 17.7 Å². The summed E-state index contributed by atoms with van der Waals surface area (Å²) in [6.45, 7) is 3.43. The van der Waals surface area contributed by atoms with Gasteiger partial charge in [-0.05, 0) is 45.8 Å². The molecule has 146 valence electrons. The van der Waals surface area contributed by atoms with E-state index in [4.69, 9.17) is 16.3 Å². The molecule has 1 aliphatic rings. The van der Waals surface area contributed by atoms with Gasteiger partial charge in [0, 0.05) is 32.7 Å². The molecule has 0 N–H and O–H groups in total. The maximum Gasteiger partial charge on any atom is 0.434 e. The Kier molecular flexibility index (Phi) is 6.18. The minimum Gasteiger partial charge on any atom is -0.496 e. The van der Waals surface area contributed by atoms with E-state index in [1.54, 1.807) is 7.11 Å². The molecule has 1 aromatic heterocycles. The topological polar surface area (TPSA) is 28.6 Å². The van der Waals surface area contributed by atoms with Crippen molar-refractivity contribution < 1.29 is 17.9 Å². The van der Waals surface area contributed by atoms with E-state index in [0.717, 1.165) is 35.4 Å². The van der Waals surface area contributed by atoms with Crippen molar-refractivity contribution in [3.8, 4) is 5.75 Å². The molecule has 0 amide bonds. The first-order valence-electron chi connectivity index (χ1n) is 8.31. The molecule has 1 aliphatic heterocycles. The van der Waals surface area contributed by atoms with Crippen LogP contribution in [0.4, 0.5) is 19.0 Å². The highest BCUT2D eigenvalue weighted by molar-refractivity contribution is 9.10. The molecule has 0 saturated carbocycles. The second-order valence-corrected chi connectivity index (χ2v) is 7.49. The average Bonchev–Trinajstić information content (AvgIpc) is 2.62. The monoisotopic (exact) mass is 463 g/mol. The molecule has 2 heterocycles. The summed E-state index contributed by atoms with van der Waals surface area (Å²) >= 11 is 9.12.